The van der Waals surface area contributed by atoms with E-state index < -0.39 is 0 Å². The van der Waals surface area contributed by atoms with Crippen LogP contribution in [-0.4, -0.2) is 9.55 Å². The van der Waals surface area contributed by atoms with Gasteiger partial charge in [-0.3, -0.25) is 0 Å². The Morgan fingerprint density at radius 3 is 2.71 bits per heavy atom. The maximum Gasteiger partial charge on any atom is 0.181 e. The van der Waals surface area contributed by atoms with Crippen LogP contribution in [-0.2, 0) is 6.54 Å². The Morgan fingerprint density at radius 1 is 1.05 bits per heavy atom. The van der Waals surface area contributed by atoms with Gasteiger partial charge < -0.3 is 8.98 Å². The molecule has 4 aromatic rings. The van der Waals surface area contributed by atoms with Gasteiger partial charge in [0.2, 0.25) is 0 Å². The molecule has 3 nitrogen and oxygen atoms in total. The van der Waals surface area contributed by atoms with E-state index in [-0.39, 0.29) is 0 Å². The van der Waals surface area contributed by atoms with E-state index in [1.165, 1.54) is 28.2 Å². The van der Waals surface area contributed by atoms with Crippen molar-refractivity contribution in [2.45, 2.75) is 19.9 Å². The van der Waals surface area contributed by atoms with Crippen molar-refractivity contribution < 1.29 is 4.42 Å². The zero-order chi connectivity index (χ0) is 14.2. The predicted octanol–water partition coefficient (Wildman–Crippen LogP) is 4.86. The fourth-order valence-corrected chi connectivity index (χ4v) is 3.03. The van der Waals surface area contributed by atoms with Gasteiger partial charge >= 0.3 is 0 Å². The molecule has 4 rings (SSSR count). The molecular formula is C18H16N2O. The molecule has 0 aliphatic heterocycles. The van der Waals surface area contributed by atoms with Gasteiger partial charge in [-0.15, -0.1) is 0 Å². The Hall–Kier alpha value is -2.55. The summed E-state index contributed by atoms with van der Waals surface area (Å²) in [6.07, 6.45) is 4.28. The fraction of sp³-hybridized carbons (Fsp3) is 0.167. The first-order valence-electron chi connectivity index (χ1n) is 7.28. The Morgan fingerprint density at radius 2 is 1.90 bits per heavy atom. The zero-order valence-electron chi connectivity index (χ0n) is 11.9. The highest BCUT2D eigenvalue weighted by molar-refractivity contribution is 6.09. The van der Waals surface area contributed by atoms with E-state index in [2.05, 4.69) is 58.9 Å². The molecule has 0 bridgehead atoms. The van der Waals surface area contributed by atoms with Crippen LogP contribution in [0.1, 0.15) is 13.3 Å². The molecule has 0 aliphatic rings. The topological polar surface area (TPSA) is 31.0 Å². The van der Waals surface area contributed by atoms with Crippen molar-refractivity contribution in [3.8, 4) is 11.3 Å². The van der Waals surface area contributed by atoms with Gasteiger partial charge in [0.15, 0.2) is 6.39 Å². The van der Waals surface area contributed by atoms with Crippen molar-refractivity contribution in [2.75, 3.05) is 0 Å². The summed E-state index contributed by atoms with van der Waals surface area (Å²) in [5.41, 5.74) is 4.55. The minimum atomic E-state index is 0.879. The molecule has 104 valence electrons. The lowest BCUT2D eigenvalue weighted by Crippen LogP contribution is -1.95. The zero-order valence-corrected chi connectivity index (χ0v) is 11.9. The molecule has 2 heterocycles. The van der Waals surface area contributed by atoms with Gasteiger partial charge in [0.1, 0.15) is 12.0 Å². The number of benzene rings is 2. The SMILES string of the molecule is CCCn1c2ccccc2c2cc(-c3cocn3)ccc21. The minimum absolute atomic E-state index is 0.879. The molecule has 0 atom stereocenters. The molecule has 21 heavy (non-hydrogen) atoms. The average Bonchev–Trinajstić information content (AvgIpc) is 3.15. The van der Waals surface area contributed by atoms with E-state index in [1.54, 1.807) is 6.26 Å². The van der Waals surface area contributed by atoms with Crippen molar-refractivity contribution in [3.63, 3.8) is 0 Å². The number of aromatic nitrogens is 2. The van der Waals surface area contributed by atoms with Crippen molar-refractivity contribution in [2.24, 2.45) is 0 Å². The van der Waals surface area contributed by atoms with Crippen LogP contribution >= 0.6 is 0 Å². The summed E-state index contributed by atoms with van der Waals surface area (Å²) >= 11 is 0. The fourth-order valence-electron chi connectivity index (χ4n) is 3.03. The monoisotopic (exact) mass is 276 g/mol. The standard InChI is InChI=1S/C18H16N2O/c1-2-9-20-17-6-4-3-5-14(17)15-10-13(7-8-18(15)20)16-11-21-12-19-16/h3-8,10-12H,2,9H2,1H3. The summed E-state index contributed by atoms with van der Waals surface area (Å²) in [6.45, 7) is 3.25. The van der Waals surface area contributed by atoms with Gasteiger partial charge in [-0.05, 0) is 24.6 Å². The maximum atomic E-state index is 5.10. The highest BCUT2D eigenvalue weighted by Crippen LogP contribution is 2.32. The molecule has 0 amide bonds. The van der Waals surface area contributed by atoms with Gasteiger partial charge in [0.25, 0.3) is 0 Å². The van der Waals surface area contributed by atoms with E-state index in [4.69, 9.17) is 4.42 Å². The number of rotatable bonds is 3. The molecule has 0 spiro atoms. The van der Waals surface area contributed by atoms with Crippen molar-refractivity contribution in [1.29, 1.82) is 0 Å². The van der Waals surface area contributed by atoms with Gasteiger partial charge in [0, 0.05) is 33.9 Å². The number of oxazole rings is 1. The molecule has 0 radical (unpaired) electrons. The summed E-state index contributed by atoms with van der Waals surface area (Å²) in [5, 5.41) is 2.57. The second-order valence-electron chi connectivity index (χ2n) is 5.27. The Balaban J connectivity index is 2.05. The minimum Gasteiger partial charge on any atom is -0.451 e. The summed E-state index contributed by atoms with van der Waals surface area (Å²) in [6, 6.07) is 15.1. The molecule has 2 aromatic heterocycles. The normalized spacial score (nSPS) is 11.5. The lowest BCUT2D eigenvalue weighted by Gasteiger charge is -2.05. The van der Waals surface area contributed by atoms with Crippen LogP contribution in [0.15, 0.2) is 59.5 Å². The van der Waals surface area contributed by atoms with Gasteiger partial charge in [-0.2, -0.15) is 0 Å². The van der Waals surface area contributed by atoms with Gasteiger partial charge in [-0.25, -0.2) is 4.98 Å². The largest absolute Gasteiger partial charge is 0.451 e. The van der Waals surface area contributed by atoms with Crippen molar-refractivity contribution in [1.82, 2.24) is 9.55 Å². The van der Waals surface area contributed by atoms with E-state index in [1.807, 2.05) is 0 Å². The third kappa shape index (κ3) is 1.85. The van der Waals surface area contributed by atoms with Crippen molar-refractivity contribution in [3.05, 3.63) is 55.1 Å². The highest BCUT2D eigenvalue weighted by atomic mass is 16.3. The number of aryl methyl sites for hydroxylation is 1. The van der Waals surface area contributed by atoms with E-state index >= 15 is 0 Å². The Bertz CT molecular complexity index is 904. The Labute approximate surface area is 122 Å². The van der Waals surface area contributed by atoms with E-state index in [9.17, 15) is 0 Å². The first kappa shape index (κ1) is 12.2. The van der Waals surface area contributed by atoms with Crippen LogP contribution in [0.25, 0.3) is 33.1 Å². The average molecular weight is 276 g/mol. The summed E-state index contributed by atoms with van der Waals surface area (Å²) in [4.78, 5) is 4.24. The third-order valence-corrected chi connectivity index (χ3v) is 3.95. The summed E-state index contributed by atoms with van der Waals surface area (Å²) in [7, 11) is 0. The summed E-state index contributed by atoms with van der Waals surface area (Å²) < 4.78 is 7.50. The van der Waals surface area contributed by atoms with Crippen molar-refractivity contribution >= 4 is 21.8 Å². The number of hydrogen-bond acceptors (Lipinski definition) is 2. The van der Waals surface area contributed by atoms with Gasteiger partial charge in [-0.1, -0.05) is 31.2 Å². The molecule has 3 heteroatoms. The van der Waals surface area contributed by atoms with Crippen LogP contribution in [0, 0.1) is 0 Å². The number of hydrogen-bond donors (Lipinski definition) is 0. The Kier molecular flexibility index (Phi) is 2.78. The van der Waals surface area contributed by atoms with Crippen LogP contribution < -0.4 is 0 Å². The second-order valence-corrected chi connectivity index (χ2v) is 5.27. The van der Waals surface area contributed by atoms with E-state index in [0.717, 1.165) is 24.2 Å². The third-order valence-electron chi connectivity index (χ3n) is 3.95. The second kappa shape index (κ2) is 4.77. The number of fused-ring (bicyclic) bond motifs is 3. The molecule has 0 N–H and O–H groups in total. The summed E-state index contributed by atoms with van der Waals surface area (Å²) in [5.74, 6) is 0. The van der Waals surface area contributed by atoms with Gasteiger partial charge in [0.05, 0.1) is 0 Å². The molecular weight excluding hydrogens is 260 g/mol. The number of para-hydroxylation sites is 1. The lowest BCUT2D eigenvalue weighted by molar-refractivity contribution is 0.558. The molecule has 0 fully saturated rings. The molecule has 0 saturated carbocycles. The van der Waals surface area contributed by atoms with Crippen LogP contribution in [0.3, 0.4) is 0 Å². The van der Waals surface area contributed by atoms with Crippen LogP contribution in [0.4, 0.5) is 0 Å². The van der Waals surface area contributed by atoms with Crippen LogP contribution in [0.5, 0.6) is 0 Å². The van der Waals surface area contributed by atoms with E-state index in [0.29, 0.717) is 0 Å². The molecule has 0 aliphatic carbocycles. The quantitative estimate of drug-likeness (QED) is 0.535. The van der Waals surface area contributed by atoms with Crippen LogP contribution in [0.2, 0.25) is 0 Å². The highest BCUT2D eigenvalue weighted by Gasteiger charge is 2.11. The first-order valence-corrected chi connectivity index (χ1v) is 7.28. The predicted molar refractivity (Wildman–Crippen MR) is 85.2 cm³/mol. The number of nitrogens with zero attached hydrogens (tertiary/aromatic N) is 2. The molecule has 2 aromatic carbocycles. The maximum absolute atomic E-state index is 5.10. The molecule has 0 saturated heterocycles. The smallest absolute Gasteiger partial charge is 0.181 e. The lowest BCUT2D eigenvalue weighted by atomic mass is 10.1. The molecule has 0 unspecified atom stereocenters. The first-order chi connectivity index (χ1) is 10.4.